The van der Waals surface area contributed by atoms with Crippen LogP contribution in [0.5, 0.6) is 5.75 Å². The topological polar surface area (TPSA) is 145 Å². The number of pyridine rings is 1. The van der Waals surface area contributed by atoms with Crippen molar-refractivity contribution in [3.63, 3.8) is 0 Å². The van der Waals surface area contributed by atoms with E-state index in [4.69, 9.17) is 26.4 Å². The highest BCUT2D eigenvalue weighted by Crippen LogP contribution is 2.31. The lowest BCUT2D eigenvalue weighted by Gasteiger charge is -2.28. The Morgan fingerprint density at radius 3 is 2.68 bits per heavy atom. The number of aromatic nitrogens is 6. The van der Waals surface area contributed by atoms with E-state index in [1.807, 2.05) is 18.2 Å². The van der Waals surface area contributed by atoms with Crippen molar-refractivity contribution < 1.29 is 14.5 Å². The predicted octanol–water partition coefficient (Wildman–Crippen LogP) is 4.39. The predicted molar refractivity (Wildman–Crippen MR) is 139 cm³/mol. The van der Waals surface area contributed by atoms with Gasteiger partial charge in [-0.05, 0) is 43.2 Å². The van der Waals surface area contributed by atoms with Gasteiger partial charge < -0.3 is 9.64 Å². The number of rotatable bonds is 9. The number of nitrogens with one attached hydrogen (secondary N) is 1. The van der Waals surface area contributed by atoms with Gasteiger partial charge >= 0.3 is 5.69 Å². The summed E-state index contributed by atoms with van der Waals surface area (Å²) in [6.45, 7) is 0.580. The lowest BCUT2D eigenvalue weighted by molar-refractivity contribution is -0.385. The maximum absolute atomic E-state index is 13.5. The van der Waals surface area contributed by atoms with Gasteiger partial charge in [-0.2, -0.15) is 10.2 Å². The molecule has 1 saturated carbocycles. The lowest BCUT2D eigenvalue weighted by atomic mass is 10.2. The summed E-state index contributed by atoms with van der Waals surface area (Å²) in [6, 6.07) is 8.95. The Kier molecular flexibility index (Phi) is 7.31. The molecule has 1 aliphatic rings. The smallest absolute Gasteiger partial charge is 0.319 e. The molecular weight excluding hydrogens is 512 g/mol. The van der Waals surface area contributed by atoms with Crippen molar-refractivity contribution in [1.82, 2.24) is 34.8 Å². The zero-order valence-corrected chi connectivity index (χ0v) is 21.3. The van der Waals surface area contributed by atoms with Crippen molar-refractivity contribution in [3.05, 3.63) is 69.8 Å². The minimum absolute atomic E-state index is 0.0347. The van der Waals surface area contributed by atoms with E-state index in [-0.39, 0.29) is 24.0 Å². The van der Waals surface area contributed by atoms with Gasteiger partial charge in [-0.25, -0.2) is 9.67 Å². The maximum Gasteiger partial charge on any atom is 0.319 e. The van der Waals surface area contributed by atoms with Crippen LogP contribution in [-0.4, -0.2) is 65.4 Å². The Bertz CT molecular complexity index is 1450. The van der Waals surface area contributed by atoms with Crippen LogP contribution in [0.1, 0.15) is 36.2 Å². The van der Waals surface area contributed by atoms with E-state index in [9.17, 15) is 14.9 Å². The average Bonchev–Trinajstić information content (AvgIpc) is 3.70. The minimum Gasteiger partial charge on any atom is -0.495 e. The third kappa shape index (κ3) is 5.07. The Labute approximate surface area is 222 Å². The largest absolute Gasteiger partial charge is 0.495 e. The standard InChI is InChI=1S/C25H25ClN8O4/c1-38-21-7-6-17(14-19(21)26)24-29-23(16-8-10-27-11-9-16)31-33(24)13-12-32(18-4-2-3-5-18)25(35)22-20(34(36)37)15-28-30-22/h6-11,14-15,18H,2-5,12-13H2,1H3,(H,28,30). The van der Waals surface area contributed by atoms with E-state index in [2.05, 4.69) is 15.2 Å². The number of amides is 1. The van der Waals surface area contributed by atoms with E-state index in [0.29, 0.717) is 29.0 Å². The quantitative estimate of drug-likeness (QED) is 0.245. The highest BCUT2D eigenvalue weighted by Gasteiger charge is 2.33. The van der Waals surface area contributed by atoms with Crippen molar-refractivity contribution >= 4 is 23.2 Å². The zero-order chi connectivity index (χ0) is 26.6. The molecule has 1 N–H and O–H groups in total. The number of halogens is 1. The molecule has 1 amide bonds. The van der Waals surface area contributed by atoms with Crippen LogP contribution in [0.2, 0.25) is 5.02 Å². The number of hydrogen-bond acceptors (Lipinski definition) is 8. The van der Waals surface area contributed by atoms with Crippen LogP contribution in [0.4, 0.5) is 5.69 Å². The minimum atomic E-state index is -0.604. The molecule has 5 rings (SSSR count). The molecule has 0 saturated heterocycles. The normalized spacial score (nSPS) is 13.5. The Balaban J connectivity index is 1.49. The van der Waals surface area contributed by atoms with Crippen LogP contribution in [0, 0.1) is 10.1 Å². The second-order valence-electron chi connectivity index (χ2n) is 8.89. The molecule has 0 bridgehead atoms. The van der Waals surface area contributed by atoms with Gasteiger partial charge in [0.15, 0.2) is 11.6 Å². The number of H-pyrrole nitrogens is 1. The van der Waals surface area contributed by atoms with Gasteiger partial charge in [-0.3, -0.25) is 25.0 Å². The number of benzene rings is 1. The second-order valence-corrected chi connectivity index (χ2v) is 9.30. The molecule has 13 heteroatoms. The van der Waals surface area contributed by atoms with E-state index in [0.717, 1.165) is 43.0 Å². The fourth-order valence-electron chi connectivity index (χ4n) is 4.73. The summed E-state index contributed by atoms with van der Waals surface area (Å²) in [5.41, 5.74) is 1.05. The van der Waals surface area contributed by atoms with Gasteiger partial charge in [0.05, 0.1) is 23.6 Å². The molecular formula is C25H25ClN8O4. The third-order valence-corrected chi connectivity index (χ3v) is 6.92. The number of nitro groups is 1. The van der Waals surface area contributed by atoms with Crippen molar-refractivity contribution in [3.8, 4) is 28.5 Å². The van der Waals surface area contributed by atoms with Crippen LogP contribution in [-0.2, 0) is 6.54 Å². The Morgan fingerprint density at radius 2 is 2.00 bits per heavy atom. The first kappa shape index (κ1) is 25.3. The summed E-state index contributed by atoms with van der Waals surface area (Å²) in [5.74, 6) is 1.14. The Hall–Kier alpha value is -4.32. The highest BCUT2D eigenvalue weighted by atomic mass is 35.5. The monoisotopic (exact) mass is 536 g/mol. The van der Waals surface area contributed by atoms with Gasteiger partial charge in [0, 0.05) is 36.1 Å². The second kappa shape index (κ2) is 11.0. The summed E-state index contributed by atoms with van der Waals surface area (Å²) in [6.07, 6.45) is 8.03. The molecule has 0 spiro atoms. The van der Waals surface area contributed by atoms with Gasteiger partial charge in [-0.1, -0.05) is 24.4 Å². The first-order chi connectivity index (χ1) is 18.5. The van der Waals surface area contributed by atoms with E-state index in [1.165, 1.54) is 0 Å². The highest BCUT2D eigenvalue weighted by molar-refractivity contribution is 6.32. The molecule has 0 radical (unpaired) electrons. The molecule has 1 aromatic carbocycles. The molecule has 0 unspecified atom stereocenters. The van der Waals surface area contributed by atoms with Gasteiger partial charge in [0.1, 0.15) is 11.9 Å². The molecule has 3 aromatic heterocycles. The fourth-order valence-corrected chi connectivity index (χ4v) is 4.99. The number of carbonyl (C=O) groups is 1. The van der Waals surface area contributed by atoms with Crippen LogP contribution in [0.15, 0.2) is 48.9 Å². The summed E-state index contributed by atoms with van der Waals surface area (Å²) in [7, 11) is 1.55. The molecule has 12 nitrogen and oxygen atoms in total. The molecule has 0 atom stereocenters. The summed E-state index contributed by atoms with van der Waals surface area (Å²) in [5, 5.41) is 22.9. The molecule has 0 aliphatic heterocycles. The number of nitrogens with zero attached hydrogens (tertiary/aromatic N) is 7. The molecule has 1 fully saturated rings. The van der Waals surface area contributed by atoms with Crippen LogP contribution < -0.4 is 4.74 Å². The van der Waals surface area contributed by atoms with Gasteiger partial charge in [0.25, 0.3) is 5.91 Å². The van der Waals surface area contributed by atoms with Crippen molar-refractivity contribution in [1.29, 1.82) is 0 Å². The number of ether oxygens (including phenoxy) is 1. The van der Waals surface area contributed by atoms with Crippen LogP contribution in [0.25, 0.3) is 22.8 Å². The summed E-state index contributed by atoms with van der Waals surface area (Å²) in [4.78, 5) is 34.9. The first-order valence-electron chi connectivity index (χ1n) is 12.1. The maximum atomic E-state index is 13.5. The summed E-state index contributed by atoms with van der Waals surface area (Å²) >= 11 is 6.40. The summed E-state index contributed by atoms with van der Waals surface area (Å²) < 4.78 is 7.01. The average molecular weight is 537 g/mol. The lowest BCUT2D eigenvalue weighted by Crippen LogP contribution is -2.41. The zero-order valence-electron chi connectivity index (χ0n) is 20.6. The van der Waals surface area contributed by atoms with Gasteiger partial charge in [-0.15, -0.1) is 0 Å². The first-order valence-corrected chi connectivity index (χ1v) is 12.5. The molecule has 38 heavy (non-hydrogen) atoms. The van der Waals surface area contributed by atoms with E-state index >= 15 is 0 Å². The van der Waals surface area contributed by atoms with E-state index < -0.39 is 10.8 Å². The van der Waals surface area contributed by atoms with Crippen LogP contribution in [0.3, 0.4) is 0 Å². The fraction of sp³-hybridized carbons (Fsp3) is 0.320. The van der Waals surface area contributed by atoms with E-state index in [1.54, 1.807) is 41.2 Å². The van der Waals surface area contributed by atoms with Crippen LogP contribution >= 0.6 is 11.6 Å². The van der Waals surface area contributed by atoms with Crippen molar-refractivity contribution in [2.24, 2.45) is 0 Å². The van der Waals surface area contributed by atoms with Crippen molar-refractivity contribution in [2.75, 3.05) is 13.7 Å². The molecule has 196 valence electrons. The molecule has 3 heterocycles. The number of aromatic amines is 1. The number of methoxy groups -OCH3 is 1. The van der Waals surface area contributed by atoms with Crippen molar-refractivity contribution in [2.45, 2.75) is 38.3 Å². The molecule has 4 aromatic rings. The Morgan fingerprint density at radius 1 is 1.24 bits per heavy atom. The number of carbonyl (C=O) groups excluding carboxylic acids is 1. The SMILES string of the molecule is COc1ccc(-c2nc(-c3ccncc3)nn2CCN(C(=O)c2[nH]ncc2[N+](=O)[O-])C2CCCC2)cc1Cl. The molecule has 1 aliphatic carbocycles. The number of hydrogen-bond donors (Lipinski definition) is 1. The third-order valence-electron chi connectivity index (χ3n) is 6.63. The van der Waals surface area contributed by atoms with Gasteiger partial charge in [0.2, 0.25) is 5.69 Å².